The molecule has 9 heteroatoms. The van der Waals surface area contributed by atoms with Gasteiger partial charge in [-0.25, -0.2) is 8.42 Å². The Bertz CT molecular complexity index is 1110. The van der Waals surface area contributed by atoms with Crippen molar-refractivity contribution in [3.8, 4) is 0 Å². The lowest BCUT2D eigenvalue weighted by atomic mass is 10.1. The van der Waals surface area contributed by atoms with E-state index in [2.05, 4.69) is 32.1 Å². The minimum atomic E-state index is -3.50. The molecule has 0 radical (unpaired) electrons. The predicted molar refractivity (Wildman–Crippen MR) is 133 cm³/mol. The number of sulfonamides is 1. The van der Waals surface area contributed by atoms with Crippen molar-refractivity contribution in [2.75, 3.05) is 44.7 Å². The maximum Gasteiger partial charge on any atom is 0.263 e. The first kappa shape index (κ1) is 24.4. The third-order valence-corrected chi connectivity index (χ3v) is 7.45. The van der Waals surface area contributed by atoms with Crippen LogP contribution in [0.15, 0.2) is 58.4 Å². The van der Waals surface area contributed by atoms with E-state index in [1.807, 2.05) is 12.1 Å². The summed E-state index contributed by atoms with van der Waals surface area (Å²) in [5.41, 5.74) is 2.70. The second-order valence-electron chi connectivity index (χ2n) is 8.59. The van der Waals surface area contributed by atoms with Gasteiger partial charge in [0.25, 0.3) is 10.0 Å². The number of ether oxygens (including phenoxy) is 1. The summed E-state index contributed by atoms with van der Waals surface area (Å²) in [4.78, 5) is 19.3. The lowest BCUT2D eigenvalue weighted by molar-refractivity contribution is -0.116. The fourth-order valence-corrected chi connectivity index (χ4v) is 5.36. The molecule has 182 valence electrons. The van der Waals surface area contributed by atoms with E-state index in [0.717, 1.165) is 64.2 Å². The van der Waals surface area contributed by atoms with Gasteiger partial charge in [0.15, 0.2) is 0 Å². The molecular formula is C25H32N4O4S. The summed E-state index contributed by atoms with van der Waals surface area (Å²) in [6.07, 6.45) is 3.84. The Labute approximate surface area is 201 Å². The summed E-state index contributed by atoms with van der Waals surface area (Å²) in [6, 6.07) is 14.9. The maximum atomic E-state index is 12.2. The molecule has 2 aromatic carbocycles. The number of amides is 1. The van der Waals surface area contributed by atoms with Crippen LogP contribution in [-0.2, 0) is 26.0 Å². The molecule has 2 heterocycles. The average Bonchev–Trinajstić information content (AvgIpc) is 3.11. The van der Waals surface area contributed by atoms with Crippen LogP contribution in [0.5, 0.6) is 0 Å². The number of hydrogen-bond donors (Lipinski definition) is 2. The van der Waals surface area contributed by atoms with E-state index in [1.54, 1.807) is 24.3 Å². The Morgan fingerprint density at radius 2 is 1.79 bits per heavy atom. The van der Waals surface area contributed by atoms with Gasteiger partial charge in [-0.05, 0) is 49.1 Å². The lowest BCUT2D eigenvalue weighted by Gasteiger charge is -2.26. The van der Waals surface area contributed by atoms with Gasteiger partial charge in [-0.15, -0.1) is 0 Å². The van der Waals surface area contributed by atoms with Crippen molar-refractivity contribution in [3.05, 3.63) is 59.7 Å². The molecule has 0 unspecified atom stereocenters. The summed E-state index contributed by atoms with van der Waals surface area (Å²) in [6.45, 7) is 5.16. The van der Waals surface area contributed by atoms with Crippen LogP contribution in [-0.4, -0.2) is 64.5 Å². The number of fused-ring (bicyclic) bond motifs is 1. The molecule has 0 saturated carbocycles. The van der Waals surface area contributed by atoms with Gasteiger partial charge in [0.2, 0.25) is 5.91 Å². The second-order valence-corrected chi connectivity index (χ2v) is 10.2. The Kier molecular flexibility index (Phi) is 8.31. The zero-order valence-corrected chi connectivity index (χ0v) is 20.1. The molecule has 2 aliphatic heterocycles. The van der Waals surface area contributed by atoms with E-state index in [4.69, 9.17) is 4.74 Å². The van der Waals surface area contributed by atoms with Crippen molar-refractivity contribution in [1.29, 1.82) is 0 Å². The largest absolute Gasteiger partial charge is 0.379 e. The Balaban J connectivity index is 1.12. The SMILES string of the molecule is O=C(CCCCCN=C1NS(=O)(=O)c2ccccc21)Nc1ccc(CCN2CCOCC2)cc1. The number of hydrogen-bond acceptors (Lipinski definition) is 6. The van der Waals surface area contributed by atoms with Gasteiger partial charge >= 0.3 is 0 Å². The van der Waals surface area contributed by atoms with Crippen LogP contribution in [0.2, 0.25) is 0 Å². The molecule has 2 N–H and O–H groups in total. The number of carbonyl (C=O) groups is 1. The van der Waals surface area contributed by atoms with Gasteiger partial charge in [-0.3, -0.25) is 19.4 Å². The summed E-state index contributed by atoms with van der Waals surface area (Å²) in [7, 11) is -3.50. The molecule has 0 spiro atoms. The Morgan fingerprint density at radius 1 is 1.03 bits per heavy atom. The molecular weight excluding hydrogens is 452 g/mol. The number of anilines is 1. The van der Waals surface area contributed by atoms with E-state index < -0.39 is 10.0 Å². The number of unbranched alkanes of at least 4 members (excludes halogenated alkanes) is 2. The third-order valence-electron chi connectivity index (χ3n) is 6.05. The van der Waals surface area contributed by atoms with Gasteiger partial charge in [0.05, 0.1) is 18.1 Å². The molecule has 8 nitrogen and oxygen atoms in total. The maximum absolute atomic E-state index is 12.2. The average molecular weight is 485 g/mol. The molecule has 2 aromatic rings. The Morgan fingerprint density at radius 3 is 2.59 bits per heavy atom. The van der Waals surface area contributed by atoms with Crippen molar-refractivity contribution in [3.63, 3.8) is 0 Å². The molecule has 0 bridgehead atoms. The van der Waals surface area contributed by atoms with Crippen LogP contribution < -0.4 is 10.0 Å². The summed E-state index contributed by atoms with van der Waals surface area (Å²) < 4.78 is 32.1. The smallest absolute Gasteiger partial charge is 0.263 e. The van der Waals surface area contributed by atoms with Crippen LogP contribution in [0.3, 0.4) is 0 Å². The molecule has 0 aromatic heterocycles. The number of morpholine rings is 1. The molecule has 0 atom stereocenters. The summed E-state index contributed by atoms with van der Waals surface area (Å²) in [5, 5.41) is 2.96. The molecule has 1 amide bonds. The van der Waals surface area contributed by atoms with Crippen LogP contribution in [0.4, 0.5) is 5.69 Å². The number of carbonyl (C=O) groups excluding carboxylic acids is 1. The monoisotopic (exact) mass is 484 g/mol. The van der Waals surface area contributed by atoms with Crippen LogP contribution in [0.25, 0.3) is 0 Å². The zero-order chi connectivity index (χ0) is 23.8. The highest BCUT2D eigenvalue weighted by Crippen LogP contribution is 2.22. The summed E-state index contributed by atoms with van der Waals surface area (Å²) >= 11 is 0. The normalized spacial score (nSPS) is 18.4. The second kappa shape index (κ2) is 11.6. The summed E-state index contributed by atoms with van der Waals surface area (Å²) in [5.74, 6) is 0.409. The van der Waals surface area contributed by atoms with Crippen molar-refractivity contribution in [2.24, 2.45) is 4.99 Å². The van der Waals surface area contributed by atoms with Crippen molar-refractivity contribution >= 4 is 27.5 Å². The zero-order valence-electron chi connectivity index (χ0n) is 19.3. The van der Waals surface area contributed by atoms with Gasteiger partial charge in [-0.1, -0.05) is 30.7 Å². The van der Waals surface area contributed by atoms with Crippen molar-refractivity contribution in [2.45, 2.75) is 37.0 Å². The van der Waals surface area contributed by atoms with Gasteiger partial charge < -0.3 is 10.1 Å². The quantitative estimate of drug-likeness (QED) is 0.505. The van der Waals surface area contributed by atoms with E-state index >= 15 is 0 Å². The standard InChI is InChI=1S/C25H32N4O4S/c30-24(27-21-11-9-20(10-12-21)13-15-29-16-18-33-19-17-29)8-2-1-5-14-26-25-22-6-3-4-7-23(22)34(31,32)28-25/h3-4,6-7,9-12H,1-2,5,8,13-19H2,(H,26,28)(H,27,30). The van der Waals surface area contributed by atoms with Gasteiger partial charge in [-0.2, -0.15) is 0 Å². The topological polar surface area (TPSA) is 100 Å². The molecule has 1 saturated heterocycles. The highest BCUT2D eigenvalue weighted by molar-refractivity contribution is 7.90. The predicted octanol–water partition coefficient (Wildman–Crippen LogP) is 2.80. The van der Waals surface area contributed by atoms with Gasteiger partial charge in [0, 0.05) is 43.9 Å². The molecule has 34 heavy (non-hydrogen) atoms. The fraction of sp³-hybridized carbons (Fsp3) is 0.440. The van der Waals surface area contributed by atoms with Crippen LogP contribution in [0.1, 0.15) is 36.8 Å². The number of nitrogens with one attached hydrogen (secondary N) is 2. The molecule has 2 aliphatic rings. The van der Waals surface area contributed by atoms with Crippen LogP contribution >= 0.6 is 0 Å². The van der Waals surface area contributed by atoms with E-state index in [9.17, 15) is 13.2 Å². The minimum absolute atomic E-state index is 0.00450. The minimum Gasteiger partial charge on any atom is -0.379 e. The molecule has 4 rings (SSSR count). The highest BCUT2D eigenvalue weighted by atomic mass is 32.2. The van der Waals surface area contributed by atoms with Crippen molar-refractivity contribution in [1.82, 2.24) is 9.62 Å². The first-order chi connectivity index (χ1) is 16.5. The highest BCUT2D eigenvalue weighted by Gasteiger charge is 2.29. The first-order valence-electron chi connectivity index (χ1n) is 11.9. The fourth-order valence-electron chi connectivity index (χ4n) is 4.11. The van der Waals surface area contributed by atoms with Crippen molar-refractivity contribution < 1.29 is 17.9 Å². The van der Waals surface area contributed by atoms with E-state index in [1.165, 1.54) is 5.56 Å². The number of aliphatic imine (C=N–C) groups is 1. The van der Waals surface area contributed by atoms with Gasteiger partial charge in [0.1, 0.15) is 5.84 Å². The lowest BCUT2D eigenvalue weighted by Crippen LogP contribution is -2.37. The number of rotatable bonds is 10. The van der Waals surface area contributed by atoms with E-state index in [-0.39, 0.29) is 10.8 Å². The Hall–Kier alpha value is -2.75. The van der Waals surface area contributed by atoms with Crippen LogP contribution in [0, 0.1) is 0 Å². The van der Waals surface area contributed by atoms with E-state index in [0.29, 0.717) is 24.4 Å². The third kappa shape index (κ3) is 6.65. The number of benzene rings is 2. The molecule has 0 aliphatic carbocycles. The number of amidine groups is 1. The first-order valence-corrected chi connectivity index (χ1v) is 13.4. The number of nitrogens with zero attached hydrogens (tertiary/aromatic N) is 2. The molecule has 1 fully saturated rings.